The van der Waals surface area contributed by atoms with Crippen LogP contribution in [0.1, 0.15) is 131 Å². The molecule has 1 aromatic heterocycles. The summed E-state index contributed by atoms with van der Waals surface area (Å²) in [6.45, 7) is 8.70. The first-order valence-corrected chi connectivity index (χ1v) is 33.3. The van der Waals surface area contributed by atoms with Crippen molar-refractivity contribution in [1.82, 2.24) is 68.0 Å². The van der Waals surface area contributed by atoms with Gasteiger partial charge in [0.25, 0.3) is 0 Å². The summed E-state index contributed by atoms with van der Waals surface area (Å²) in [6.07, 6.45) is 4.26. The minimum absolute atomic E-state index is 0.0187. The maximum atomic E-state index is 14.6. The Morgan fingerprint density at radius 1 is 0.667 bits per heavy atom. The van der Waals surface area contributed by atoms with Gasteiger partial charge >= 0.3 is 11.9 Å². The molecule has 96 heavy (non-hydrogen) atoms. The lowest BCUT2D eigenvalue weighted by atomic mass is 9.97. The number of imidazole rings is 1. The Bertz CT molecular complexity index is 2810. The first kappa shape index (κ1) is 83.4. The second-order valence-corrected chi connectivity index (χ2v) is 24.9. The number of carboxylic acid groups (broad SMARTS) is 2. The first-order valence-electron chi connectivity index (χ1n) is 31.9. The maximum Gasteiger partial charge on any atom is 0.326 e. The Kier molecular flexibility index (Phi) is 37.7. The predicted octanol–water partition coefficient (Wildman–Crippen LogP) is -5.75. The number of nitrogens with zero attached hydrogens (tertiary/aromatic N) is 3. The summed E-state index contributed by atoms with van der Waals surface area (Å²) >= 11 is 1.37. The number of carbonyl (C=O) groups is 14. The number of rotatable bonds is 46. The van der Waals surface area contributed by atoms with Gasteiger partial charge in [-0.25, -0.2) is 9.78 Å². The van der Waals surface area contributed by atoms with E-state index in [2.05, 4.69) is 68.1 Å². The van der Waals surface area contributed by atoms with Crippen molar-refractivity contribution in [3.63, 3.8) is 0 Å². The number of aliphatic hydroxyl groups excluding tert-OH is 1. The van der Waals surface area contributed by atoms with E-state index in [1.807, 2.05) is 0 Å². The van der Waals surface area contributed by atoms with Crippen molar-refractivity contribution in [2.45, 2.75) is 198 Å². The quantitative estimate of drug-likeness (QED) is 0.0164. The Hall–Kier alpha value is -8.71. The minimum Gasteiger partial charge on any atom is -0.481 e. The fourth-order valence-electron chi connectivity index (χ4n) is 10.00. The zero-order valence-electron chi connectivity index (χ0n) is 55.6. The third kappa shape index (κ3) is 29.5. The second kappa shape index (κ2) is 43.4. The molecule has 1 aromatic rings. The first-order chi connectivity index (χ1) is 45.3. The molecule has 0 unspecified atom stereocenters. The van der Waals surface area contributed by atoms with E-state index in [0.29, 0.717) is 24.3 Å². The molecule has 2 rings (SSSR count). The molecule has 12 amide bonds. The van der Waals surface area contributed by atoms with E-state index in [-0.39, 0.29) is 95.7 Å². The summed E-state index contributed by atoms with van der Waals surface area (Å²) in [7, 11) is 0. The molecule has 1 aliphatic rings. The van der Waals surface area contributed by atoms with Crippen molar-refractivity contribution in [1.29, 1.82) is 0 Å². The molecule has 0 saturated carbocycles. The molecular formula is C59H101N19O17S. The molecule has 0 bridgehead atoms. The topological polar surface area (TPSA) is 594 Å². The number of thioether (sulfide) groups is 1. The number of nitrogens with one attached hydrogen (secondary N) is 11. The molecule has 13 atom stereocenters. The molecule has 1 fully saturated rings. The summed E-state index contributed by atoms with van der Waals surface area (Å²) < 4.78 is 0. The van der Waals surface area contributed by atoms with Crippen LogP contribution in [0.2, 0.25) is 0 Å². The highest BCUT2D eigenvalue weighted by Gasteiger charge is 2.41. The molecule has 0 radical (unpaired) electrons. The molecule has 540 valence electrons. The van der Waals surface area contributed by atoms with Crippen LogP contribution in [-0.2, 0) is 73.5 Å². The number of aliphatic imine (C=N–C) groups is 1. The molecule has 0 spiro atoms. The highest BCUT2D eigenvalue weighted by molar-refractivity contribution is 7.98. The number of guanidine groups is 1. The zero-order chi connectivity index (χ0) is 72.4. The van der Waals surface area contributed by atoms with E-state index >= 15 is 0 Å². The third-order valence-corrected chi connectivity index (χ3v) is 16.4. The third-order valence-electron chi connectivity index (χ3n) is 15.8. The van der Waals surface area contributed by atoms with Crippen molar-refractivity contribution in [2.75, 3.05) is 44.8 Å². The highest BCUT2D eigenvalue weighted by atomic mass is 32.2. The SMILES string of the molecule is CC[C@H](C)[C@H](NC(=O)[C@H](CO)NC(=O)CNC(=O)[C@@H](N)CC(=O)O)C(=O)N[C@@H](Cc1cnc[nH]1)C(=O)N[C@@H](CCCCN)C(=O)N[C@@H](CCCN=C(N)N)C(=O)N[C@@H](CC(N)=O)C(=O)N[C@H](C(=O)N[C@@H](CCSC)C(=O)N1CCC[C@H]1C(=O)N[C@@H](CC(C)C)C(=O)O)[C@@H](C)CC. The number of amides is 12. The van der Waals surface area contributed by atoms with Crippen molar-refractivity contribution in [2.24, 2.45) is 51.4 Å². The molecule has 37 heteroatoms. The highest BCUT2D eigenvalue weighted by Crippen LogP contribution is 2.22. The summed E-state index contributed by atoms with van der Waals surface area (Å²) in [5.74, 6) is -15.1. The van der Waals surface area contributed by atoms with Crippen LogP contribution in [0.5, 0.6) is 0 Å². The molecule has 1 saturated heterocycles. The number of unbranched alkanes of at least 4 members (excludes halogenated alkanes) is 1. The van der Waals surface area contributed by atoms with Crippen LogP contribution in [0.15, 0.2) is 17.5 Å². The molecule has 2 heterocycles. The number of H-pyrrole nitrogens is 1. The van der Waals surface area contributed by atoms with Crippen molar-refractivity contribution in [3.05, 3.63) is 18.2 Å². The lowest BCUT2D eigenvalue weighted by Gasteiger charge is -2.32. The van der Waals surface area contributed by atoms with Crippen LogP contribution in [0.3, 0.4) is 0 Å². The zero-order valence-corrected chi connectivity index (χ0v) is 56.4. The second-order valence-electron chi connectivity index (χ2n) is 24.0. The Morgan fingerprint density at radius 3 is 1.71 bits per heavy atom. The molecular weight excluding hydrogens is 1280 g/mol. The number of aliphatic hydroxyl groups is 1. The van der Waals surface area contributed by atoms with Gasteiger partial charge in [-0.15, -0.1) is 0 Å². The van der Waals surface area contributed by atoms with Gasteiger partial charge in [0.2, 0.25) is 70.9 Å². The van der Waals surface area contributed by atoms with Crippen LogP contribution in [0.25, 0.3) is 0 Å². The van der Waals surface area contributed by atoms with E-state index in [9.17, 15) is 77.3 Å². The van der Waals surface area contributed by atoms with Gasteiger partial charge in [0.05, 0.1) is 38.4 Å². The summed E-state index contributed by atoms with van der Waals surface area (Å²) in [5, 5.41) is 53.9. The summed E-state index contributed by atoms with van der Waals surface area (Å²) in [5.41, 5.74) is 28.4. The van der Waals surface area contributed by atoms with Crippen LogP contribution in [0.4, 0.5) is 0 Å². The predicted molar refractivity (Wildman–Crippen MR) is 350 cm³/mol. The van der Waals surface area contributed by atoms with E-state index < -0.39 is 187 Å². The summed E-state index contributed by atoms with van der Waals surface area (Å²) in [6, 6.07) is -15.9. The Morgan fingerprint density at radius 2 is 1.21 bits per heavy atom. The largest absolute Gasteiger partial charge is 0.481 e. The van der Waals surface area contributed by atoms with Gasteiger partial charge < -0.3 is 107 Å². The lowest BCUT2D eigenvalue weighted by Crippen LogP contribution is -2.62. The molecule has 0 aliphatic carbocycles. The maximum absolute atomic E-state index is 14.6. The van der Waals surface area contributed by atoms with E-state index in [1.54, 1.807) is 47.8 Å². The van der Waals surface area contributed by atoms with E-state index in [1.165, 1.54) is 29.2 Å². The number of aromatic amines is 1. The van der Waals surface area contributed by atoms with Crippen molar-refractivity contribution < 1.29 is 82.4 Å². The standard InChI is InChI=1S/C59H101N19O17S/c1-8-31(5)46(55(91)72-37(17-21-96-7)57(93)78-20-13-16-42(78)54(90)75-40(58(94)95)22-30(3)4)76-52(88)39(25-43(62)80)73-50(86)36(15-12-19-66-59(63)64)70-49(85)35(14-10-11-18-60)71-51(87)38(23-33-26-65-29-68-33)74-56(92)47(32(6)9-2)77-53(89)41(28-79)69-44(81)27-67-48(84)34(61)24-45(82)83/h26,29-32,34-42,46-47,79H,8-25,27-28,60-61H2,1-7H3,(H2,62,80)(H,65,68)(H,67,84)(H,69,81)(H,70,85)(H,71,87)(H,72,91)(H,73,86)(H,74,92)(H,75,90)(H,76,88)(H,77,89)(H,82,83)(H,94,95)(H4,63,64,66)/t31-,32-,34-,35-,36-,37-,38-,39-,40-,41-,42-,46-,47-/m0/s1. The van der Waals surface area contributed by atoms with Crippen LogP contribution >= 0.6 is 11.8 Å². The molecule has 1 aliphatic heterocycles. The van der Waals surface area contributed by atoms with Crippen molar-refractivity contribution >= 4 is 101 Å². The fraction of sp³-hybridized carbons (Fsp3) is 0.695. The summed E-state index contributed by atoms with van der Waals surface area (Å²) in [4.78, 5) is 201. The average molecular weight is 1380 g/mol. The smallest absolute Gasteiger partial charge is 0.326 e. The molecule has 0 aromatic carbocycles. The molecule has 24 N–H and O–H groups in total. The lowest BCUT2D eigenvalue weighted by molar-refractivity contribution is -0.145. The van der Waals surface area contributed by atoms with Gasteiger partial charge in [-0.05, 0) is 94.1 Å². The number of likely N-dealkylation sites (tertiary alicyclic amines) is 1. The molecule has 36 nitrogen and oxygen atoms in total. The van der Waals surface area contributed by atoms with Crippen molar-refractivity contribution in [3.8, 4) is 0 Å². The van der Waals surface area contributed by atoms with Gasteiger partial charge in [0.1, 0.15) is 60.4 Å². The normalized spacial score (nSPS) is 16.5. The number of carbonyl (C=O) groups excluding carboxylic acids is 12. The number of carboxylic acids is 2. The number of hydrogen-bond acceptors (Lipinski definition) is 20. The number of hydrogen-bond donors (Lipinski definition) is 19. The number of primary amides is 1. The number of nitrogens with two attached hydrogens (primary N) is 5. The fourth-order valence-corrected chi connectivity index (χ4v) is 10.5. The minimum atomic E-state index is -1.80. The van der Waals surface area contributed by atoms with Gasteiger partial charge in [-0.3, -0.25) is 67.3 Å². The van der Waals surface area contributed by atoms with Gasteiger partial charge in [-0.2, -0.15) is 11.8 Å². The van der Waals surface area contributed by atoms with E-state index in [0.717, 1.165) is 0 Å². The van der Waals surface area contributed by atoms with Gasteiger partial charge in [0.15, 0.2) is 5.96 Å². The van der Waals surface area contributed by atoms with Crippen LogP contribution in [-0.4, -0.2) is 230 Å². The average Bonchev–Trinajstić information content (AvgIpc) is 1.49. The Labute approximate surface area is 561 Å². The van der Waals surface area contributed by atoms with Gasteiger partial charge in [-0.1, -0.05) is 54.4 Å². The van der Waals surface area contributed by atoms with Crippen LogP contribution in [0, 0.1) is 17.8 Å². The van der Waals surface area contributed by atoms with Crippen LogP contribution < -0.4 is 81.8 Å². The van der Waals surface area contributed by atoms with E-state index in [4.69, 9.17) is 33.8 Å². The Balaban J connectivity index is 2.51. The number of aromatic nitrogens is 2. The monoisotopic (exact) mass is 1380 g/mol. The number of aliphatic carboxylic acids is 2. The van der Waals surface area contributed by atoms with Gasteiger partial charge in [0, 0.05) is 31.4 Å².